The Morgan fingerprint density at radius 3 is 2.41 bits per heavy atom. The van der Waals surface area contributed by atoms with Gasteiger partial charge in [-0.15, -0.1) is 0 Å². The molecule has 3 saturated carbocycles. The molecule has 0 saturated heterocycles. The van der Waals surface area contributed by atoms with E-state index in [1.807, 2.05) is 12.1 Å². The number of nitrogens with zero attached hydrogens (tertiary/aromatic N) is 1. The van der Waals surface area contributed by atoms with E-state index < -0.39 is 5.60 Å². The standard InChI is InChI=1S/C26H35NO2/c1-18-22-16-23(25(22,2)3)24(26(18,29)20-11-8-12-21(28)15-20)17-27(4)14-13-19-9-6-5-7-10-19/h5-12,15,18,22-24,28-29H,13-14,16-17H2,1-4H3. The summed E-state index contributed by atoms with van der Waals surface area (Å²) in [5.74, 6) is 1.57. The quantitative estimate of drug-likeness (QED) is 0.749. The van der Waals surface area contributed by atoms with Crippen molar-refractivity contribution in [2.24, 2.45) is 29.1 Å². The fourth-order valence-corrected chi connectivity index (χ4v) is 6.37. The lowest BCUT2D eigenvalue weighted by Gasteiger charge is -2.68. The third kappa shape index (κ3) is 3.39. The smallest absolute Gasteiger partial charge is 0.115 e. The van der Waals surface area contributed by atoms with Gasteiger partial charge in [-0.1, -0.05) is 63.2 Å². The van der Waals surface area contributed by atoms with Crippen LogP contribution in [0.25, 0.3) is 0 Å². The van der Waals surface area contributed by atoms with Gasteiger partial charge >= 0.3 is 0 Å². The van der Waals surface area contributed by atoms with Crippen molar-refractivity contribution in [3.05, 3.63) is 65.7 Å². The van der Waals surface area contributed by atoms with Crippen molar-refractivity contribution in [3.63, 3.8) is 0 Å². The van der Waals surface area contributed by atoms with Crippen LogP contribution in [0.2, 0.25) is 0 Å². The zero-order chi connectivity index (χ0) is 20.8. The first-order valence-electron chi connectivity index (χ1n) is 11.0. The van der Waals surface area contributed by atoms with Crippen molar-refractivity contribution in [1.82, 2.24) is 4.90 Å². The summed E-state index contributed by atoms with van der Waals surface area (Å²) in [5, 5.41) is 22.2. The molecule has 5 atom stereocenters. The minimum Gasteiger partial charge on any atom is -0.508 e. The fraction of sp³-hybridized carbons (Fsp3) is 0.538. The molecule has 5 rings (SSSR count). The van der Waals surface area contributed by atoms with Crippen LogP contribution >= 0.6 is 0 Å². The molecule has 0 heterocycles. The Kier molecular flexibility index (Phi) is 5.25. The number of aliphatic hydroxyl groups is 1. The SMILES string of the molecule is CC1C2CC(C(CN(C)CCc3ccccc3)C1(O)c1cccc(O)c1)C2(C)C. The highest BCUT2D eigenvalue weighted by Crippen LogP contribution is 2.68. The Morgan fingerprint density at radius 2 is 1.76 bits per heavy atom. The number of likely N-dealkylation sites (N-methyl/N-ethyl adjacent to an activating group) is 1. The second kappa shape index (κ2) is 7.45. The summed E-state index contributed by atoms with van der Waals surface area (Å²) < 4.78 is 0. The highest BCUT2D eigenvalue weighted by Gasteiger charge is 2.66. The molecule has 3 aliphatic carbocycles. The minimum absolute atomic E-state index is 0.153. The monoisotopic (exact) mass is 393 g/mol. The zero-order valence-corrected chi connectivity index (χ0v) is 18.2. The molecule has 29 heavy (non-hydrogen) atoms. The van der Waals surface area contributed by atoms with E-state index in [1.54, 1.807) is 12.1 Å². The van der Waals surface area contributed by atoms with Gasteiger partial charge in [0.15, 0.2) is 0 Å². The largest absolute Gasteiger partial charge is 0.508 e. The van der Waals surface area contributed by atoms with Crippen molar-refractivity contribution in [1.29, 1.82) is 0 Å². The van der Waals surface area contributed by atoms with Gasteiger partial charge in [0.2, 0.25) is 0 Å². The summed E-state index contributed by atoms with van der Waals surface area (Å²) in [6.07, 6.45) is 2.22. The molecule has 2 aromatic carbocycles. The number of fused-ring (bicyclic) bond motifs is 2. The predicted molar refractivity (Wildman–Crippen MR) is 118 cm³/mol. The van der Waals surface area contributed by atoms with E-state index in [0.717, 1.165) is 25.1 Å². The summed E-state index contributed by atoms with van der Waals surface area (Å²) in [6, 6.07) is 17.9. The molecule has 3 fully saturated rings. The predicted octanol–water partition coefficient (Wildman–Crippen LogP) is 4.68. The molecule has 3 nitrogen and oxygen atoms in total. The van der Waals surface area contributed by atoms with E-state index in [4.69, 9.17) is 0 Å². The normalized spacial score (nSPS) is 32.8. The molecular weight excluding hydrogens is 358 g/mol. The van der Waals surface area contributed by atoms with Gasteiger partial charge in [0, 0.05) is 19.0 Å². The first kappa shape index (κ1) is 20.4. The average molecular weight is 394 g/mol. The average Bonchev–Trinajstić information content (AvgIpc) is 2.70. The van der Waals surface area contributed by atoms with Gasteiger partial charge in [-0.3, -0.25) is 0 Å². The first-order valence-corrected chi connectivity index (χ1v) is 11.0. The number of aromatic hydroxyl groups is 1. The third-order valence-electron chi connectivity index (χ3n) is 8.21. The Bertz CT molecular complexity index is 849. The van der Waals surface area contributed by atoms with Gasteiger partial charge in [-0.2, -0.15) is 0 Å². The summed E-state index contributed by atoms with van der Waals surface area (Å²) >= 11 is 0. The van der Waals surface area contributed by atoms with E-state index in [-0.39, 0.29) is 23.0 Å². The lowest BCUT2D eigenvalue weighted by molar-refractivity contribution is -0.257. The van der Waals surface area contributed by atoms with Crippen molar-refractivity contribution in [2.75, 3.05) is 20.1 Å². The molecule has 0 amide bonds. The van der Waals surface area contributed by atoms with Crippen LogP contribution in [-0.2, 0) is 12.0 Å². The van der Waals surface area contributed by atoms with E-state index in [1.165, 1.54) is 12.0 Å². The molecule has 156 valence electrons. The van der Waals surface area contributed by atoms with E-state index in [9.17, 15) is 10.2 Å². The maximum Gasteiger partial charge on any atom is 0.115 e. The molecule has 3 heteroatoms. The lowest BCUT2D eigenvalue weighted by atomic mass is 9.38. The molecular formula is C26H35NO2. The van der Waals surface area contributed by atoms with E-state index in [2.05, 4.69) is 63.1 Å². The van der Waals surface area contributed by atoms with Crippen LogP contribution in [0, 0.1) is 29.1 Å². The van der Waals surface area contributed by atoms with Gasteiger partial charge in [0.1, 0.15) is 5.75 Å². The van der Waals surface area contributed by atoms with Crippen molar-refractivity contribution in [3.8, 4) is 5.75 Å². The maximum absolute atomic E-state index is 12.1. The highest BCUT2D eigenvalue weighted by molar-refractivity contribution is 5.35. The van der Waals surface area contributed by atoms with Crippen molar-refractivity contribution in [2.45, 2.75) is 39.2 Å². The second-order valence-electron chi connectivity index (χ2n) is 10.0. The van der Waals surface area contributed by atoms with Crippen LogP contribution < -0.4 is 0 Å². The summed E-state index contributed by atoms with van der Waals surface area (Å²) in [5.41, 5.74) is 1.58. The molecule has 2 N–H and O–H groups in total. The zero-order valence-electron chi connectivity index (χ0n) is 18.2. The molecule has 0 aliphatic heterocycles. The summed E-state index contributed by atoms with van der Waals surface area (Å²) in [6.45, 7) is 8.80. The number of phenols is 1. The Morgan fingerprint density at radius 1 is 1.03 bits per heavy atom. The van der Waals surface area contributed by atoms with Crippen molar-refractivity contribution < 1.29 is 10.2 Å². The second-order valence-corrected chi connectivity index (χ2v) is 10.0. The molecule has 5 unspecified atom stereocenters. The molecule has 0 aromatic heterocycles. The number of phenolic OH excluding ortho intramolecular Hbond substituents is 1. The Hall–Kier alpha value is -1.84. The topological polar surface area (TPSA) is 43.7 Å². The van der Waals surface area contributed by atoms with Crippen LogP contribution in [-0.4, -0.2) is 35.3 Å². The highest BCUT2D eigenvalue weighted by atomic mass is 16.3. The van der Waals surface area contributed by atoms with Crippen LogP contribution in [0.15, 0.2) is 54.6 Å². The third-order valence-corrected chi connectivity index (χ3v) is 8.21. The number of hydrogen-bond acceptors (Lipinski definition) is 3. The Balaban J connectivity index is 1.58. The van der Waals surface area contributed by atoms with Gasteiger partial charge < -0.3 is 15.1 Å². The summed E-state index contributed by atoms with van der Waals surface area (Å²) in [4.78, 5) is 2.38. The molecule has 2 aromatic rings. The first-order chi connectivity index (χ1) is 13.7. The maximum atomic E-state index is 12.1. The molecule has 0 radical (unpaired) electrons. The van der Waals surface area contributed by atoms with Crippen molar-refractivity contribution >= 4 is 0 Å². The molecule has 2 bridgehead atoms. The van der Waals surface area contributed by atoms with E-state index >= 15 is 0 Å². The molecule has 0 spiro atoms. The number of rotatable bonds is 6. The van der Waals surface area contributed by atoms with Crippen LogP contribution in [0.5, 0.6) is 5.75 Å². The lowest BCUT2D eigenvalue weighted by Crippen LogP contribution is -2.67. The van der Waals surface area contributed by atoms with Gasteiger partial charge in [-0.05, 0) is 66.3 Å². The Labute approximate surface area is 175 Å². The van der Waals surface area contributed by atoms with Crippen LogP contribution in [0.4, 0.5) is 0 Å². The van der Waals surface area contributed by atoms with Gasteiger partial charge in [-0.25, -0.2) is 0 Å². The van der Waals surface area contributed by atoms with E-state index in [0.29, 0.717) is 11.8 Å². The van der Waals surface area contributed by atoms with Gasteiger partial charge in [0.05, 0.1) is 5.60 Å². The summed E-state index contributed by atoms with van der Waals surface area (Å²) in [7, 11) is 2.17. The fourth-order valence-electron chi connectivity index (χ4n) is 6.37. The van der Waals surface area contributed by atoms with Gasteiger partial charge in [0.25, 0.3) is 0 Å². The minimum atomic E-state index is -0.900. The number of benzene rings is 2. The van der Waals surface area contributed by atoms with Crippen LogP contribution in [0.3, 0.4) is 0 Å². The van der Waals surface area contributed by atoms with Crippen LogP contribution in [0.1, 0.15) is 38.3 Å². The molecule has 3 aliphatic rings. The number of hydrogen-bond donors (Lipinski definition) is 2.